The normalized spacial score (nSPS) is 17.8. The second-order valence-corrected chi connectivity index (χ2v) is 9.19. The van der Waals surface area contributed by atoms with Gasteiger partial charge in [0.1, 0.15) is 5.75 Å². The molecule has 2 heterocycles. The number of hydrogen-bond donors (Lipinski definition) is 1. The predicted molar refractivity (Wildman–Crippen MR) is 132 cm³/mol. The summed E-state index contributed by atoms with van der Waals surface area (Å²) in [6.45, 7) is 6.61. The van der Waals surface area contributed by atoms with Crippen molar-refractivity contribution in [2.75, 3.05) is 51.3 Å². The molecule has 6 nitrogen and oxygen atoms in total. The summed E-state index contributed by atoms with van der Waals surface area (Å²) in [7, 11) is 1.37. The van der Waals surface area contributed by atoms with Crippen molar-refractivity contribution in [1.82, 2.24) is 10.2 Å². The fourth-order valence-electron chi connectivity index (χ4n) is 4.99. The molecule has 2 aliphatic rings. The highest BCUT2D eigenvalue weighted by Gasteiger charge is 2.26. The van der Waals surface area contributed by atoms with Gasteiger partial charge in [0.15, 0.2) is 6.61 Å². The van der Waals surface area contributed by atoms with Crippen LogP contribution >= 0.6 is 0 Å². The first-order valence-corrected chi connectivity index (χ1v) is 12.2. The number of carbonyl (C=O) groups excluding carboxylic acids is 1. The molecule has 0 spiro atoms. The van der Waals surface area contributed by atoms with Gasteiger partial charge in [0.05, 0.1) is 7.11 Å². The second-order valence-electron chi connectivity index (χ2n) is 9.19. The number of nitrogens with one attached hydrogen (secondary N) is 1. The Bertz CT molecular complexity index is 845. The first kappa shape index (κ1) is 23.6. The highest BCUT2D eigenvalue weighted by molar-refractivity contribution is 5.70. The van der Waals surface area contributed by atoms with Crippen molar-refractivity contribution in [1.29, 1.82) is 0 Å². The maximum Gasteiger partial charge on any atom is 0.343 e. The average Bonchev–Trinajstić information content (AvgIpc) is 2.89. The van der Waals surface area contributed by atoms with Crippen molar-refractivity contribution in [3.05, 3.63) is 60.2 Å². The molecule has 4 rings (SSSR count). The van der Waals surface area contributed by atoms with Crippen molar-refractivity contribution < 1.29 is 14.3 Å². The minimum atomic E-state index is -0.369. The van der Waals surface area contributed by atoms with Crippen LogP contribution in [0.3, 0.4) is 0 Å². The summed E-state index contributed by atoms with van der Waals surface area (Å²) in [5, 5.41) is 3.52. The molecule has 0 aliphatic carbocycles. The lowest BCUT2D eigenvalue weighted by molar-refractivity contribution is -0.142. The zero-order valence-electron chi connectivity index (χ0n) is 19.7. The molecule has 0 unspecified atom stereocenters. The molecule has 2 aromatic carbocycles. The lowest BCUT2D eigenvalue weighted by Crippen LogP contribution is -2.46. The topological polar surface area (TPSA) is 54.0 Å². The Morgan fingerprint density at radius 2 is 1.70 bits per heavy atom. The maximum atomic E-state index is 11.2. The van der Waals surface area contributed by atoms with Crippen molar-refractivity contribution in [2.45, 2.75) is 38.3 Å². The first-order valence-electron chi connectivity index (χ1n) is 12.2. The van der Waals surface area contributed by atoms with Crippen LogP contribution in [0.4, 0.5) is 5.69 Å². The van der Waals surface area contributed by atoms with E-state index < -0.39 is 0 Å². The molecule has 2 aromatic rings. The van der Waals surface area contributed by atoms with Crippen LogP contribution in [0.1, 0.15) is 31.2 Å². The summed E-state index contributed by atoms with van der Waals surface area (Å²) >= 11 is 0. The molecule has 1 N–H and O–H groups in total. The smallest absolute Gasteiger partial charge is 0.343 e. The van der Waals surface area contributed by atoms with E-state index in [1.165, 1.54) is 50.6 Å². The van der Waals surface area contributed by atoms with E-state index in [9.17, 15) is 4.79 Å². The number of rotatable bonds is 9. The molecule has 178 valence electrons. The minimum Gasteiger partial charge on any atom is -0.482 e. The van der Waals surface area contributed by atoms with E-state index in [4.69, 9.17) is 4.74 Å². The van der Waals surface area contributed by atoms with Crippen molar-refractivity contribution in [2.24, 2.45) is 5.92 Å². The van der Waals surface area contributed by atoms with Crippen molar-refractivity contribution in [3.8, 4) is 5.75 Å². The lowest BCUT2D eigenvalue weighted by atomic mass is 9.93. The molecular weight excluding hydrogens is 414 g/mol. The van der Waals surface area contributed by atoms with Gasteiger partial charge in [0.2, 0.25) is 0 Å². The Morgan fingerprint density at radius 3 is 2.36 bits per heavy atom. The summed E-state index contributed by atoms with van der Waals surface area (Å²) in [5.74, 6) is 1.06. The zero-order valence-corrected chi connectivity index (χ0v) is 19.7. The van der Waals surface area contributed by atoms with E-state index in [1.807, 2.05) is 12.1 Å². The van der Waals surface area contributed by atoms with Crippen LogP contribution in [-0.4, -0.2) is 63.4 Å². The van der Waals surface area contributed by atoms with Gasteiger partial charge >= 0.3 is 5.97 Å². The van der Waals surface area contributed by atoms with Crippen LogP contribution in [-0.2, 0) is 16.1 Å². The van der Waals surface area contributed by atoms with E-state index in [1.54, 1.807) is 0 Å². The van der Waals surface area contributed by atoms with E-state index in [0.717, 1.165) is 38.6 Å². The zero-order chi connectivity index (χ0) is 22.9. The number of hydrogen-bond acceptors (Lipinski definition) is 6. The van der Waals surface area contributed by atoms with Gasteiger partial charge in [-0.25, -0.2) is 4.79 Å². The largest absolute Gasteiger partial charge is 0.482 e. The standard InChI is InChI=1S/C27H37N3O3/c1-32-27(31)21-33-26-9-7-24(8-10-26)29-17-13-23(14-18-29)20-30(25-11-15-28-16-12-25)19-22-5-3-2-4-6-22/h2-10,23,25,28H,11-21H2,1H3. The highest BCUT2D eigenvalue weighted by Crippen LogP contribution is 2.27. The predicted octanol–water partition coefficient (Wildman–Crippen LogP) is 3.71. The fourth-order valence-corrected chi connectivity index (χ4v) is 4.99. The number of esters is 1. The third kappa shape index (κ3) is 6.95. The average molecular weight is 452 g/mol. The third-order valence-corrected chi connectivity index (χ3v) is 6.95. The number of ether oxygens (including phenoxy) is 2. The number of carbonyl (C=O) groups is 1. The van der Waals surface area contributed by atoms with E-state index >= 15 is 0 Å². The summed E-state index contributed by atoms with van der Waals surface area (Å²) in [6.07, 6.45) is 4.93. The Kier molecular flexibility index (Phi) is 8.61. The van der Waals surface area contributed by atoms with Crippen LogP contribution in [0.15, 0.2) is 54.6 Å². The van der Waals surface area contributed by atoms with Gasteiger partial charge in [-0.1, -0.05) is 30.3 Å². The first-order chi connectivity index (χ1) is 16.2. The Balaban J connectivity index is 1.29. The molecule has 0 aromatic heterocycles. The lowest BCUT2D eigenvalue weighted by Gasteiger charge is -2.40. The number of methoxy groups -OCH3 is 1. The monoisotopic (exact) mass is 451 g/mol. The summed E-state index contributed by atoms with van der Waals surface area (Å²) in [4.78, 5) is 16.5. The molecule has 0 amide bonds. The molecule has 2 aliphatic heterocycles. The van der Waals surface area contributed by atoms with Gasteiger partial charge in [-0.05, 0) is 74.5 Å². The Hall–Kier alpha value is -2.57. The van der Waals surface area contributed by atoms with Gasteiger partial charge in [-0.3, -0.25) is 4.90 Å². The third-order valence-electron chi connectivity index (χ3n) is 6.95. The molecule has 2 saturated heterocycles. The quantitative estimate of drug-likeness (QED) is 0.587. The van der Waals surface area contributed by atoms with Crippen LogP contribution < -0.4 is 15.0 Å². The molecule has 0 saturated carbocycles. The van der Waals surface area contributed by atoms with Crippen LogP contribution in [0.5, 0.6) is 5.75 Å². The Morgan fingerprint density at radius 1 is 1.00 bits per heavy atom. The van der Waals surface area contributed by atoms with Crippen LogP contribution in [0, 0.1) is 5.92 Å². The second kappa shape index (κ2) is 12.1. The van der Waals surface area contributed by atoms with Gasteiger partial charge in [0, 0.05) is 37.9 Å². The number of nitrogens with zero attached hydrogens (tertiary/aromatic N) is 2. The van der Waals surface area contributed by atoms with Gasteiger partial charge in [0.25, 0.3) is 0 Å². The number of benzene rings is 2. The minimum absolute atomic E-state index is 0.0578. The van der Waals surface area contributed by atoms with E-state index in [-0.39, 0.29) is 12.6 Å². The molecule has 0 radical (unpaired) electrons. The number of piperidine rings is 2. The summed E-state index contributed by atoms with van der Waals surface area (Å²) < 4.78 is 10.1. The highest BCUT2D eigenvalue weighted by atomic mass is 16.6. The van der Waals surface area contributed by atoms with Gasteiger partial charge < -0.3 is 19.7 Å². The SMILES string of the molecule is COC(=O)COc1ccc(N2CCC(CN(Cc3ccccc3)C3CCNCC3)CC2)cc1. The van der Waals surface area contributed by atoms with Crippen LogP contribution in [0.2, 0.25) is 0 Å². The van der Waals surface area contributed by atoms with Gasteiger partial charge in [-0.15, -0.1) is 0 Å². The fraction of sp³-hybridized carbons (Fsp3) is 0.519. The molecule has 0 atom stereocenters. The Labute approximate surface area is 197 Å². The van der Waals surface area contributed by atoms with E-state index in [2.05, 4.69) is 62.3 Å². The van der Waals surface area contributed by atoms with Crippen LogP contribution in [0.25, 0.3) is 0 Å². The van der Waals surface area contributed by atoms with Gasteiger partial charge in [-0.2, -0.15) is 0 Å². The number of anilines is 1. The van der Waals surface area contributed by atoms with E-state index in [0.29, 0.717) is 11.8 Å². The van der Waals surface area contributed by atoms with Crippen molar-refractivity contribution in [3.63, 3.8) is 0 Å². The molecule has 2 fully saturated rings. The van der Waals surface area contributed by atoms with Crippen molar-refractivity contribution >= 4 is 11.7 Å². The summed E-state index contributed by atoms with van der Waals surface area (Å²) in [5.41, 5.74) is 2.64. The molecule has 33 heavy (non-hydrogen) atoms. The summed E-state index contributed by atoms with van der Waals surface area (Å²) in [6, 6.07) is 19.7. The molecule has 0 bridgehead atoms. The molecule has 6 heteroatoms. The maximum absolute atomic E-state index is 11.2. The molecular formula is C27H37N3O3.